The van der Waals surface area contributed by atoms with E-state index in [4.69, 9.17) is 23.2 Å². The van der Waals surface area contributed by atoms with E-state index in [0.29, 0.717) is 10.0 Å². The van der Waals surface area contributed by atoms with Crippen molar-refractivity contribution >= 4 is 28.9 Å². The molecule has 94 valence electrons. The first-order valence-electron chi connectivity index (χ1n) is 5.99. The zero-order valence-corrected chi connectivity index (χ0v) is 11.5. The largest absolute Gasteiger partial charge is 0.384 e. The summed E-state index contributed by atoms with van der Waals surface area (Å²) in [6, 6.07) is 16.1. The van der Waals surface area contributed by atoms with Gasteiger partial charge in [-0.25, -0.2) is 0 Å². The van der Waals surface area contributed by atoms with E-state index in [-0.39, 0.29) is 0 Å². The quantitative estimate of drug-likeness (QED) is 0.757. The molecule has 0 aliphatic heterocycles. The summed E-state index contributed by atoms with van der Waals surface area (Å²) >= 11 is 12.0. The average molecular weight is 280 g/mol. The van der Waals surface area contributed by atoms with E-state index in [1.54, 1.807) is 6.07 Å². The molecule has 0 fully saturated rings. The lowest BCUT2D eigenvalue weighted by atomic mass is 10.1. The number of aryl methyl sites for hydroxylation is 1. The Balaban J connectivity index is 1.81. The third kappa shape index (κ3) is 3.66. The Morgan fingerprint density at radius 2 is 1.67 bits per heavy atom. The molecule has 0 radical (unpaired) electrons. The molecule has 0 bridgehead atoms. The summed E-state index contributed by atoms with van der Waals surface area (Å²) in [5.74, 6) is 0. The van der Waals surface area contributed by atoms with Crippen molar-refractivity contribution in [1.82, 2.24) is 0 Å². The molecular formula is C15H15Cl2N. The van der Waals surface area contributed by atoms with Crippen LogP contribution in [0.15, 0.2) is 48.5 Å². The molecular weight excluding hydrogens is 265 g/mol. The van der Waals surface area contributed by atoms with Crippen molar-refractivity contribution in [2.75, 3.05) is 11.9 Å². The molecule has 0 heterocycles. The van der Waals surface area contributed by atoms with Gasteiger partial charge in [0, 0.05) is 6.54 Å². The van der Waals surface area contributed by atoms with Gasteiger partial charge in [-0.1, -0.05) is 59.6 Å². The fraction of sp³-hybridized carbons (Fsp3) is 0.200. The molecule has 0 unspecified atom stereocenters. The van der Waals surface area contributed by atoms with Crippen molar-refractivity contribution in [1.29, 1.82) is 0 Å². The van der Waals surface area contributed by atoms with Crippen LogP contribution in [-0.2, 0) is 6.42 Å². The van der Waals surface area contributed by atoms with Crippen LogP contribution in [0, 0.1) is 0 Å². The number of hydrogen-bond donors (Lipinski definition) is 1. The average Bonchev–Trinajstić information content (AvgIpc) is 2.40. The van der Waals surface area contributed by atoms with Crippen LogP contribution in [0.1, 0.15) is 12.0 Å². The molecule has 1 N–H and O–H groups in total. The Morgan fingerprint density at radius 3 is 2.44 bits per heavy atom. The molecule has 3 heteroatoms. The van der Waals surface area contributed by atoms with Gasteiger partial charge in [-0.05, 0) is 30.5 Å². The normalized spacial score (nSPS) is 10.3. The van der Waals surface area contributed by atoms with Gasteiger partial charge in [0.05, 0.1) is 15.7 Å². The van der Waals surface area contributed by atoms with Gasteiger partial charge in [-0.15, -0.1) is 0 Å². The van der Waals surface area contributed by atoms with Crippen molar-refractivity contribution in [3.05, 3.63) is 64.1 Å². The van der Waals surface area contributed by atoms with Gasteiger partial charge in [0.15, 0.2) is 0 Å². The highest BCUT2D eigenvalue weighted by atomic mass is 35.5. The SMILES string of the molecule is Clc1cccc(NCCCc2ccccc2)c1Cl. The van der Waals surface area contributed by atoms with Gasteiger partial charge in [0.2, 0.25) is 0 Å². The molecule has 0 saturated heterocycles. The molecule has 0 amide bonds. The van der Waals surface area contributed by atoms with E-state index in [1.165, 1.54) is 5.56 Å². The Hall–Kier alpha value is -1.18. The van der Waals surface area contributed by atoms with Crippen LogP contribution in [0.5, 0.6) is 0 Å². The second kappa shape index (κ2) is 6.67. The first-order valence-corrected chi connectivity index (χ1v) is 6.75. The van der Waals surface area contributed by atoms with Gasteiger partial charge in [0.25, 0.3) is 0 Å². The number of nitrogens with one attached hydrogen (secondary N) is 1. The summed E-state index contributed by atoms with van der Waals surface area (Å²) in [6.07, 6.45) is 2.12. The summed E-state index contributed by atoms with van der Waals surface area (Å²) < 4.78 is 0. The maximum absolute atomic E-state index is 6.09. The Bertz CT molecular complexity index is 497. The zero-order valence-electron chi connectivity index (χ0n) is 10.00. The van der Waals surface area contributed by atoms with Crippen molar-refractivity contribution in [2.24, 2.45) is 0 Å². The maximum atomic E-state index is 6.09. The monoisotopic (exact) mass is 279 g/mol. The molecule has 0 aliphatic carbocycles. The predicted octanol–water partition coefficient (Wildman–Crippen LogP) is 5.04. The Kier molecular flexibility index (Phi) is 4.91. The minimum Gasteiger partial charge on any atom is -0.384 e. The van der Waals surface area contributed by atoms with Crippen LogP contribution >= 0.6 is 23.2 Å². The lowest BCUT2D eigenvalue weighted by molar-refractivity contribution is 0.863. The highest BCUT2D eigenvalue weighted by molar-refractivity contribution is 6.43. The van der Waals surface area contributed by atoms with Crippen LogP contribution in [0.3, 0.4) is 0 Å². The summed E-state index contributed by atoms with van der Waals surface area (Å²) in [5, 5.41) is 4.49. The lowest BCUT2D eigenvalue weighted by Gasteiger charge is -2.09. The van der Waals surface area contributed by atoms with E-state index >= 15 is 0 Å². The number of anilines is 1. The predicted molar refractivity (Wildman–Crippen MR) is 79.7 cm³/mol. The van der Waals surface area contributed by atoms with E-state index < -0.39 is 0 Å². The van der Waals surface area contributed by atoms with Gasteiger partial charge < -0.3 is 5.32 Å². The van der Waals surface area contributed by atoms with Crippen molar-refractivity contribution in [3.63, 3.8) is 0 Å². The van der Waals surface area contributed by atoms with Crippen LogP contribution in [0.4, 0.5) is 5.69 Å². The lowest BCUT2D eigenvalue weighted by Crippen LogP contribution is -2.03. The van der Waals surface area contributed by atoms with Crippen LogP contribution in [-0.4, -0.2) is 6.54 Å². The molecule has 0 aromatic heterocycles. The third-order valence-corrected chi connectivity index (χ3v) is 3.57. The van der Waals surface area contributed by atoms with Crippen LogP contribution < -0.4 is 5.32 Å². The molecule has 0 spiro atoms. The van der Waals surface area contributed by atoms with Crippen molar-refractivity contribution in [3.8, 4) is 0 Å². The van der Waals surface area contributed by atoms with Gasteiger partial charge in [-0.2, -0.15) is 0 Å². The molecule has 18 heavy (non-hydrogen) atoms. The first-order chi connectivity index (χ1) is 8.77. The highest BCUT2D eigenvalue weighted by Crippen LogP contribution is 2.29. The van der Waals surface area contributed by atoms with Gasteiger partial charge >= 0.3 is 0 Å². The molecule has 0 atom stereocenters. The van der Waals surface area contributed by atoms with E-state index in [2.05, 4.69) is 29.6 Å². The molecule has 2 aromatic carbocycles. The second-order valence-corrected chi connectivity index (χ2v) is 4.90. The molecule has 1 nitrogen and oxygen atoms in total. The zero-order chi connectivity index (χ0) is 12.8. The molecule has 2 rings (SSSR count). The fourth-order valence-electron chi connectivity index (χ4n) is 1.80. The number of hydrogen-bond acceptors (Lipinski definition) is 1. The molecule has 2 aromatic rings. The summed E-state index contributed by atoms with van der Waals surface area (Å²) in [6.45, 7) is 0.884. The van der Waals surface area contributed by atoms with E-state index in [9.17, 15) is 0 Å². The standard InChI is InChI=1S/C15H15Cl2N/c16-13-9-4-10-14(15(13)17)18-11-5-8-12-6-2-1-3-7-12/h1-4,6-7,9-10,18H,5,8,11H2. The number of benzene rings is 2. The topological polar surface area (TPSA) is 12.0 Å². The minimum atomic E-state index is 0.588. The van der Waals surface area contributed by atoms with E-state index in [1.807, 2.05) is 18.2 Å². The van der Waals surface area contributed by atoms with Gasteiger partial charge in [0.1, 0.15) is 0 Å². The molecule has 0 aliphatic rings. The van der Waals surface area contributed by atoms with E-state index in [0.717, 1.165) is 25.1 Å². The Morgan fingerprint density at radius 1 is 0.889 bits per heavy atom. The maximum Gasteiger partial charge on any atom is 0.0823 e. The second-order valence-electron chi connectivity index (χ2n) is 4.12. The summed E-state index contributed by atoms with van der Waals surface area (Å²) in [4.78, 5) is 0. The van der Waals surface area contributed by atoms with Crippen molar-refractivity contribution in [2.45, 2.75) is 12.8 Å². The number of rotatable bonds is 5. The van der Waals surface area contributed by atoms with Crippen molar-refractivity contribution < 1.29 is 0 Å². The fourth-order valence-corrected chi connectivity index (χ4v) is 2.17. The smallest absolute Gasteiger partial charge is 0.0823 e. The summed E-state index contributed by atoms with van der Waals surface area (Å²) in [5.41, 5.74) is 2.26. The first kappa shape index (κ1) is 13.3. The van der Waals surface area contributed by atoms with Crippen LogP contribution in [0.2, 0.25) is 10.0 Å². The Labute approximate surface area is 118 Å². The molecule has 0 saturated carbocycles. The van der Waals surface area contributed by atoms with Gasteiger partial charge in [-0.3, -0.25) is 0 Å². The van der Waals surface area contributed by atoms with Crippen LogP contribution in [0.25, 0.3) is 0 Å². The summed E-state index contributed by atoms with van der Waals surface area (Å²) in [7, 11) is 0. The minimum absolute atomic E-state index is 0.588. The number of halogens is 2. The third-order valence-electron chi connectivity index (χ3n) is 2.75. The highest BCUT2D eigenvalue weighted by Gasteiger charge is 2.02.